The van der Waals surface area contributed by atoms with Crippen LogP contribution in [-0.2, 0) is 12.5 Å². The summed E-state index contributed by atoms with van der Waals surface area (Å²) in [4.78, 5) is 0. The van der Waals surface area contributed by atoms with Gasteiger partial charge < -0.3 is 9.47 Å². The Morgan fingerprint density at radius 1 is 1.11 bits per heavy atom. The lowest BCUT2D eigenvalue weighted by Gasteiger charge is -2.14. The normalized spacial score (nSPS) is 10.3. The molecule has 0 heterocycles. The van der Waals surface area contributed by atoms with Gasteiger partial charge in [-0.15, -0.1) is 11.6 Å². The van der Waals surface area contributed by atoms with E-state index in [1.54, 1.807) is 7.11 Å². The average Bonchev–Trinajstić information content (AvgIpc) is 2.44. The van der Waals surface area contributed by atoms with E-state index < -0.39 is 0 Å². The molecule has 4 heteroatoms. The van der Waals surface area contributed by atoms with Crippen LogP contribution in [0.25, 0.3) is 0 Å². The largest absolute Gasteiger partial charge is 0.493 e. The molecule has 2 aromatic carbocycles. The second-order valence-corrected chi connectivity index (χ2v) is 4.70. The van der Waals surface area contributed by atoms with Gasteiger partial charge in [0.05, 0.1) is 13.0 Å². The molecular formula is C15H14Cl2O2. The maximum atomic E-state index is 5.94. The van der Waals surface area contributed by atoms with Crippen molar-refractivity contribution in [2.24, 2.45) is 0 Å². The molecule has 2 aromatic rings. The summed E-state index contributed by atoms with van der Waals surface area (Å²) in [7, 11) is 1.61. The summed E-state index contributed by atoms with van der Waals surface area (Å²) in [6, 6.07) is 13.2. The second kappa shape index (κ2) is 6.69. The molecule has 0 fully saturated rings. The maximum Gasteiger partial charge on any atom is 0.166 e. The van der Waals surface area contributed by atoms with Crippen LogP contribution in [0.2, 0.25) is 5.02 Å². The fourth-order valence-corrected chi connectivity index (χ4v) is 2.20. The zero-order valence-electron chi connectivity index (χ0n) is 10.5. The molecule has 0 N–H and O–H groups in total. The molecule has 0 radical (unpaired) electrons. The highest BCUT2D eigenvalue weighted by Gasteiger charge is 2.10. The van der Waals surface area contributed by atoms with Crippen molar-refractivity contribution in [2.45, 2.75) is 12.5 Å². The van der Waals surface area contributed by atoms with Gasteiger partial charge in [-0.05, 0) is 23.8 Å². The summed E-state index contributed by atoms with van der Waals surface area (Å²) in [5.41, 5.74) is 1.90. The Hall–Kier alpha value is -1.38. The first-order chi connectivity index (χ1) is 9.24. The quantitative estimate of drug-likeness (QED) is 0.747. The van der Waals surface area contributed by atoms with Crippen LogP contribution in [0, 0.1) is 0 Å². The zero-order chi connectivity index (χ0) is 13.7. The van der Waals surface area contributed by atoms with Crippen LogP contribution in [-0.4, -0.2) is 7.11 Å². The molecule has 0 bridgehead atoms. The molecule has 19 heavy (non-hydrogen) atoms. The molecule has 0 aliphatic carbocycles. The van der Waals surface area contributed by atoms with E-state index in [1.807, 2.05) is 42.5 Å². The number of para-hydroxylation sites is 1. The summed E-state index contributed by atoms with van der Waals surface area (Å²) in [6.07, 6.45) is 0. The van der Waals surface area contributed by atoms with Gasteiger partial charge >= 0.3 is 0 Å². The van der Waals surface area contributed by atoms with Crippen molar-refractivity contribution >= 4 is 23.2 Å². The Balaban J connectivity index is 2.19. The van der Waals surface area contributed by atoms with Crippen molar-refractivity contribution < 1.29 is 9.47 Å². The molecule has 0 spiro atoms. The number of benzene rings is 2. The summed E-state index contributed by atoms with van der Waals surface area (Å²) in [5, 5.41) is 0.693. The van der Waals surface area contributed by atoms with Crippen LogP contribution in [0.1, 0.15) is 11.1 Å². The van der Waals surface area contributed by atoms with Gasteiger partial charge in [-0.1, -0.05) is 35.9 Å². The average molecular weight is 297 g/mol. The molecule has 2 rings (SSSR count). The smallest absolute Gasteiger partial charge is 0.166 e. The third-order valence-corrected chi connectivity index (χ3v) is 3.22. The molecular weight excluding hydrogens is 283 g/mol. The van der Waals surface area contributed by atoms with Crippen molar-refractivity contribution in [1.82, 2.24) is 0 Å². The third-order valence-electron chi connectivity index (χ3n) is 2.70. The van der Waals surface area contributed by atoms with E-state index in [0.29, 0.717) is 29.0 Å². The Kier molecular flexibility index (Phi) is 4.94. The molecule has 0 saturated heterocycles. The molecule has 0 aliphatic heterocycles. The fraction of sp³-hybridized carbons (Fsp3) is 0.200. The van der Waals surface area contributed by atoms with E-state index >= 15 is 0 Å². The molecule has 2 nitrogen and oxygen atoms in total. The Morgan fingerprint density at radius 2 is 1.89 bits per heavy atom. The van der Waals surface area contributed by atoms with Crippen LogP contribution in [0.3, 0.4) is 0 Å². The van der Waals surface area contributed by atoms with Gasteiger partial charge in [0.15, 0.2) is 11.5 Å². The molecule has 0 unspecified atom stereocenters. The zero-order valence-corrected chi connectivity index (χ0v) is 12.0. The monoisotopic (exact) mass is 296 g/mol. The van der Waals surface area contributed by atoms with E-state index in [1.165, 1.54) is 0 Å². The third kappa shape index (κ3) is 3.55. The summed E-state index contributed by atoms with van der Waals surface area (Å²) < 4.78 is 11.1. The minimum Gasteiger partial charge on any atom is -0.493 e. The number of methoxy groups -OCH3 is 1. The van der Waals surface area contributed by atoms with Crippen molar-refractivity contribution in [3.63, 3.8) is 0 Å². The Bertz CT molecular complexity index is 533. The first-order valence-corrected chi connectivity index (χ1v) is 6.75. The number of alkyl halides is 1. The van der Waals surface area contributed by atoms with Gasteiger partial charge in [-0.2, -0.15) is 0 Å². The number of hydrogen-bond acceptors (Lipinski definition) is 2. The maximum absolute atomic E-state index is 5.94. The predicted octanol–water partition coefficient (Wildman–Crippen LogP) is 4.67. The standard InChI is InChI=1S/C15H14Cl2O2/c1-18-14-7-3-5-12(9-16)15(14)19-10-11-4-2-6-13(17)8-11/h2-8H,9-10H2,1H3. The van der Waals surface area contributed by atoms with Gasteiger partial charge in [0, 0.05) is 10.6 Å². The van der Waals surface area contributed by atoms with Crippen molar-refractivity contribution in [3.05, 3.63) is 58.6 Å². The SMILES string of the molecule is COc1cccc(CCl)c1OCc1cccc(Cl)c1. The van der Waals surface area contributed by atoms with Crippen molar-refractivity contribution in [1.29, 1.82) is 0 Å². The minimum absolute atomic E-state index is 0.377. The van der Waals surface area contributed by atoms with E-state index in [0.717, 1.165) is 11.1 Å². The first kappa shape index (κ1) is 14.0. The van der Waals surface area contributed by atoms with E-state index in [4.69, 9.17) is 32.7 Å². The van der Waals surface area contributed by atoms with Crippen LogP contribution in [0.15, 0.2) is 42.5 Å². The lowest BCUT2D eigenvalue weighted by Crippen LogP contribution is -2.00. The van der Waals surface area contributed by atoms with E-state index in [9.17, 15) is 0 Å². The van der Waals surface area contributed by atoms with Gasteiger partial charge in [0.1, 0.15) is 6.61 Å². The molecule has 0 atom stereocenters. The fourth-order valence-electron chi connectivity index (χ4n) is 1.77. The van der Waals surface area contributed by atoms with Crippen molar-refractivity contribution in [2.75, 3.05) is 7.11 Å². The Morgan fingerprint density at radius 3 is 2.58 bits per heavy atom. The van der Waals surface area contributed by atoms with Crippen LogP contribution < -0.4 is 9.47 Å². The van der Waals surface area contributed by atoms with E-state index in [-0.39, 0.29) is 0 Å². The van der Waals surface area contributed by atoms with Crippen LogP contribution in [0.5, 0.6) is 11.5 Å². The Labute approximate surface area is 122 Å². The predicted molar refractivity (Wildman–Crippen MR) is 78.3 cm³/mol. The highest BCUT2D eigenvalue weighted by Crippen LogP contribution is 2.32. The first-order valence-electron chi connectivity index (χ1n) is 5.83. The highest BCUT2D eigenvalue weighted by molar-refractivity contribution is 6.30. The van der Waals surface area contributed by atoms with Gasteiger partial charge in [-0.25, -0.2) is 0 Å². The van der Waals surface area contributed by atoms with Crippen LogP contribution >= 0.6 is 23.2 Å². The summed E-state index contributed by atoms with van der Waals surface area (Å²) in [6.45, 7) is 0.421. The molecule has 0 aliphatic rings. The van der Waals surface area contributed by atoms with Gasteiger partial charge in [-0.3, -0.25) is 0 Å². The second-order valence-electron chi connectivity index (χ2n) is 4.00. The minimum atomic E-state index is 0.377. The number of ether oxygens (including phenoxy) is 2. The van der Waals surface area contributed by atoms with Crippen molar-refractivity contribution in [3.8, 4) is 11.5 Å². The molecule has 0 aromatic heterocycles. The summed E-state index contributed by atoms with van der Waals surface area (Å²) in [5.74, 6) is 1.74. The number of halogens is 2. The lowest BCUT2D eigenvalue weighted by molar-refractivity contribution is 0.282. The number of rotatable bonds is 5. The molecule has 0 saturated carbocycles. The molecule has 0 amide bonds. The lowest BCUT2D eigenvalue weighted by atomic mass is 10.2. The van der Waals surface area contributed by atoms with Crippen LogP contribution in [0.4, 0.5) is 0 Å². The molecule has 100 valence electrons. The van der Waals surface area contributed by atoms with Gasteiger partial charge in [0.25, 0.3) is 0 Å². The summed E-state index contributed by atoms with van der Waals surface area (Å²) >= 11 is 11.9. The highest BCUT2D eigenvalue weighted by atomic mass is 35.5. The topological polar surface area (TPSA) is 18.5 Å². The number of hydrogen-bond donors (Lipinski definition) is 0. The van der Waals surface area contributed by atoms with Gasteiger partial charge in [0.2, 0.25) is 0 Å². The van der Waals surface area contributed by atoms with E-state index in [2.05, 4.69) is 0 Å².